The Morgan fingerprint density at radius 2 is 1.78 bits per heavy atom. The lowest BCUT2D eigenvalue weighted by molar-refractivity contribution is -0.384. The molecule has 0 aromatic heterocycles. The number of halogens is 2. The zero-order valence-corrected chi connectivity index (χ0v) is 9.94. The average Bonchev–Trinajstić information content (AvgIpc) is 2.33. The smallest absolute Gasteiger partial charge is 0.258 e. The highest BCUT2D eigenvalue weighted by Gasteiger charge is 2.34. The van der Waals surface area contributed by atoms with Crippen molar-refractivity contribution in [1.29, 1.82) is 0 Å². The van der Waals surface area contributed by atoms with Crippen LogP contribution in [0.15, 0.2) is 24.3 Å². The van der Waals surface area contributed by atoms with E-state index in [-0.39, 0.29) is 24.4 Å². The van der Waals surface area contributed by atoms with Crippen LogP contribution in [-0.2, 0) is 6.42 Å². The summed E-state index contributed by atoms with van der Waals surface area (Å²) < 4.78 is 26.0. The number of hydrogen-bond acceptors (Lipinski definition) is 2. The van der Waals surface area contributed by atoms with Crippen molar-refractivity contribution >= 4 is 5.69 Å². The van der Waals surface area contributed by atoms with Crippen molar-refractivity contribution in [2.75, 3.05) is 0 Å². The third kappa shape index (κ3) is 3.24. The van der Waals surface area contributed by atoms with E-state index in [1.807, 2.05) is 0 Å². The lowest BCUT2D eigenvalue weighted by Gasteiger charge is -2.28. The van der Waals surface area contributed by atoms with E-state index in [0.29, 0.717) is 12.8 Å². The van der Waals surface area contributed by atoms with Crippen molar-refractivity contribution in [3.63, 3.8) is 0 Å². The summed E-state index contributed by atoms with van der Waals surface area (Å²) in [7, 11) is 0. The second-order valence-corrected chi connectivity index (χ2v) is 4.93. The first kappa shape index (κ1) is 12.9. The molecule has 1 aliphatic rings. The van der Waals surface area contributed by atoms with Gasteiger partial charge in [0.1, 0.15) is 0 Å². The summed E-state index contributed by atoms with van der Waals surface area (Å²) in [6.45, 7) is 0. The zero-order valence-electron chi connectivity index (χ0n) is 9.94. The van der Waals surface area contributed by atoms with Crippen molar-refractivity contribution in [1.82, 2.24) is 0 Å². The van der Waals surface area contributed by atoms with Crippen LogP contribution in [0.1, 0.15) is 31.2 Å². The zero-order chi connectivity index (χ0) is 13.2. The van der Waals surface area contributed by atoms with E-state index in [0.717, 1.165) is 12.0 Å². The molecule has 1 aromatic carbocycles. The Bertz CT molecular complexity index is 421. The van der Waals surface area contributed by atoms with Gasteiger partial charge in [0.05, 0.1) is 4.92 Å². The maximum Gasteiger partial charge on any atom is 0.269 e. The summed E-state index contributed by atoms with van der Waals surface area (Å²) in [6, 6.07) is 6.36. The molecule has 0 spiro atoms. The molecule has 2 rings (SSSR count). The number of nitro benzene ring substituents is 1. The van der Waals surface area contributed by atoms with Gasteiger partial charge in [-0.3, -0.25) is 10.1 Å². The van der Waals surface area contributed by atoms with Crippen LogP contribution in [0.5, 0.6) is 0 Å². The predicted molar refractivity (Wildman–Crippen MR) is 63.7 cm³/mol. The van der Waals surface area contributed by atoms with Gasteiger partial charge in [-0.15, -0.1) is 0 Å². The summed E-state index contributed by atoms with van der Waals surface area (Å²) in [4.78, 5) is 10.1. The highest BCUT2D eigenvalue weighted by molar-refractivity contribution is 5.33. The minimum atomic E-state index is -2.49. The van der Waals surface area contributed by atoms with Crippen molar-refractivity contribution in [3.05, 3.63) is 39.9 Å². The first-order valence-electron chi connectivity index (χ1n) is 6.07. The minimum Gasteiger partial charge on any atom is -0.258 e. The number of rotatable bonds is 3. The van der Waals surface area contributed by atoms with E-state index in [2.05, 4.69) is 0 Å². The average molecular weight is 255 g/mol. The van der Waals surface area contributed by atoms with Crippen LogP contribution < -0.4 is 0 Å². The van der Waals surface area contributed by atoms with E-state index in [4.69, 9.17) is 0 Å². The molecule has 98 valence electrons. The normalized spacial score (nSPS) is 19.7. The number of hydrogen-bond donors (Lipinski definition) is 0. The number of nitrogens with zero attached hydrogens (tertiary/aromatic N) is 1. The fourth-order valence-electron chi connectivity index (χ4n) is 2.39. The van der Waals surface area contributed by atoms with Gasteiger partial charge in [-0.25, -0.2) is 8.78 Å². The van der Waals surface area contributed by atoms with Crippen LogP contribution >= 0.6 is 0 Å². The van der Waals surface area contributed by atoms with Crippen molar-refractivity contribution < 1.29 is 13.7 Å². The molecule has 0 amide bonds. The Kier molecular flexibility index (Phi) is 3.59. The maximum atomic E-state index is 13.0. The summed E-state index contributed by atoms with van der Waals surface area (Å²) in [5, 5.41) is 10.5. The Morgan fingerprint density at radius 3 is 2.28 bits per heavy atom. The summed E-state index contributed by atoms with van der Waals surface area (Å²) in [5.74, 6) is -2.22. The van der Waals surface area contributed by atoms with E-state index in [1.165, 1.54) is 12.1 Å². The molecule has 1 fully saturated rings. The summed E-state index contributed by atoms with van der Waals surface area (Å²) in [5.41, 5.74) is 1.05. The third-order valence-corrected chi connectivity index (χ3v) is 3.51. The van der Waals surface area contributed by atoms with Crippen LogP contribution in [0.4, 0.5) is 14.5 Å². The molecule has 1 saturated carbocycles. The number of benzene rings is 1. The third-order valence-electron chi connectivity index (χ3n) is 3.51. The second kappa shape index (κ2) is 5.00. The monoisotopic (exact) mass is 255 g/mol. The molecular formula is C13H15F2NO2. The Morgan fingerprint density at radius 1 is 1.22 bits per heavy atom. The highest BCUT2D eigenvalue weighted by atomic mass is 19.3. The second-order valence-electron chi connectivity index (χ2n) is 4.93. The van der Waals surface area contributed by atoms with Gasteiger partial charge in [0.15, 0.2) is 0 Å². The first-order valence-corrected chi connectivity index (χ1v) is 6.07. The molecule has 0 unspecified atom stereocenters. The van der Waals surface area contributed by atoms with Crippen molar-refractivity contribution in [2.24, 2.45) is 5.92 Å². The summed E-state index contributed by atoms with van der Waals surface area (Å²) >= 11 is 0. The standard InChI is InChI=1S/C13H15F2NO2/c14-13(15)7-5-11(6-8-13)9-10-1-3-12(4-2-10)16(17)18/h1-4,11H,5-9H2. The topological polar surface area (TPSA) is 43.1 Å². The molecule has 18 heavy (non-hydrogen) atoms. The van der Waals surface area contributed by atoms with Gasteiger partial charge < -0.3 is 0 Å². The van der Waals surface area contributed by atoms with Crippen LogP contribution in [0.2, 0.25) is 0 Å². The van der Waals surface area contributed by atoms with Gasteiger partial charge in [0.25, 0.3) is 5.69 Å². The van der Waals surface area contributed by atoms with Gasteiger partial charge in [0.2, 0.25) is 5.92 Å². The predicted octanol–water partition coefficient (Wildman–Crippen LogP) is 3.96. The van der Waals surface area contributed by atoms with Crippen LogP contribution in [-0.4, -0.2) is 10.8 Å². The molecule has 0 N–H and O–H groups in total. The molecule has 3 nitrogen and oxygen atoms in total. The van der Waals surface area contributed by atoms with Crippen molar-refractivity contribution in [2.45, 2.75) is 38.0 Å². The molecule has 0 bridgehead atoms. The molecule has 5 heteroatoms. The molecule has 0 heterocycles. The number of non-ortho nitro benzene ring substituents is 1. The quantitative estimate of drug-likeness (QED) is 0.606. The summed E-state index contributed by atoms with van der Waals surface area (Å²) in [6.07, 6.45) is 1.72. The van der Waals surface area contributed by atoms with E-state index in [1.54, 1.807) is 12.1 Å². The number of alkyl halides is 2. The Hall–Kier alpha value is -1.52. The van der Waals surface area contributed by atoms with Crippen molar-refractivity contribution in [3.8, 4) is 0 Å². The molecular weight excluding hydrogens is 240 g/mol. The highest BCUT2D eigenvalue weighted by Crippen LogP contribution is 2.37. The largest absolute Gasteiger partial charge is 0.269 e. The lowest BCUT2D eigenvalue weighted by atomic mass is 9.83. The van der Waals surface area contributed by atoms with Gasteiger partial charge in [-0.05, 0) is 30.7 Å². The molecule has 1 aromatic rings. The molecule has 0 aliphatic heterocycles. The Labute approximate surface area is 104 Å². The lowest BCUT2D eigenvalue weighted by Crippen LogP contribution is -2.25. The molecule has 0 radical (unpaired) electrons. The number of nitro groups is 1. The van der Waals surface area contributed by atoms with Gasteiger partial charge >= 0.3 is 0 Å². The SMILES string of the molecule is O=[N+]([O-])c1ccc(CC2CCC(F)(F)CC2)cc1. The fourth-order valence-corrected chi connectivity index (χ4v) is 2.39. The fraction of sp³-hybridized carbons (Fsp3) is 0.538. The Balaban J connectivity index is 1.92. The van der Waals surface area contributed by atoms with Gasteiger partial charge in [-0.2, -0.15) is 0 Å². The van der Waals surface area contributed by atoms with Crippen LogP contribution in [0, 0.1) is 16.0 Å². The van der Waals surface area contributed by atoms with E-state index in [9.17, 15) is 18.9 Å². The van der Waals surface area contributed by atoms with Gasteiger partial charge in [0, 0.05) is 25.0 Å². The van der Waals surface area contributed by atoms with Crippen LogP contribution in [0.25, 0.3) is 0 Å². The molecule has 0 saturated heterocycles. The van der Waals surface area contributed by atoms with E-state index < -0.39 is 10.8 Å². The molecule has 0 atom stereocenters. The van der Waals surface area contributed by atoms with E-state index >= 15 is 0 Å². The van der Waals surface area contributed by atoms with Crippen LogP contribution in [0.3, 0.4) is 0 Å². The minimum absolute atomic E-state index is 0.0371. The van der Waals surface area contributed by atoms with Gasteiger partial charge in [-0.1, -0.05) is 12.1 Å². The maximum absolute atomic E-state index is 13.0. The first-order chi connectivity index (χ1) is 8.46. The molecule has 1 aliphatic carbocycles.